The fraction of sp³-hybridized carbons (Fsp3) is 0.389. The Morgan fingerprint density at radius 1 is 1.28 bits per heavy atom. The summed E-state index contributed by atoms with van der Waals surface area (Å²) in [5, 5.41) is 17.2. The van der Waals surface area contributed by atoms with Crippen molar-refractivity contribution in [3.63, 3.8) is 0 Å². The summed E-state index contributed by atoms with van der Waals surface area (Å²) in [4.78, 5) is 13.0. The first-order valence-corrected chi connectivity index (χ1v) is 7.96. The molecule has 1 aromatic heterocycles. The number of methoxy groups -OCH3 is 1. The monoisotopic (exact) mass is 345 g/mol. The maximum atomic E-state index is 10.9. The first kappa shape index (κ1) is 18.7. The van der Waals surface area contributed by atoms with E-state index in [-0.39, 0.29) is 5.57 Å². The molecule has 2 heterocycles. The minimum Gasteiger partial charge on any atom is -0.478 e. The number of nitrogens with zero attached hydrogens (tertiary/aromatic N) is 3. The predicted molar refractivity (Wildman–Crippen MR) is 95.8 cm³/mol. The van der Waals surface area contributed by atoms with Crippen molar-refractivity contribution >= 4 is 17.2 Å². The van der Waals surface area contributed by atoms with Crippen LogP contribution in [-0.2, 0) is 9.53 Å². The maximum absolute atomic E-state index is 10.9. The zero-order valence-electron chi connectivity index (χ0n) is 14.8. The SMILES string of the molecule is C=C(/C(C)=C\C=C(/C)C(=O)O)c1cc(N2CCOCC2)c(OC)nn1. The smallest absolute Gasteiger partial charge is 0.331 e. The van der Waals surface area contributed by atoms with Crippen LogP contribution in [0.3, 0.4) is 0 Å². The van der Waals surface area contributed by atoms with E-state index in [0.717, 1.165) is 24.4 Å². The number of hydrogen-bond donors (Lipinski definition) is 1. The molecule has 134 valence electrons. The number of carbonyl (C=O) groups is 1. The molecule has 0 atom stereocenters. The second-order valence-corrected chi connectivity index (χ2v) is 5.71. The molecule has 7 nitrogen and oxygen atoms in total. The highest BCUT2D eigenvalue weighted by atomic mass is 16.5. The largest absolute Gasteiger partial charge is 0.478 e. The Kier molecular flexibility index (Phi) is 6.30. The molecule has 1 saturated heterocycles. The second kappa shape index (κ2) is 8.43. The number of allylic oxidation sites excluding steroid dienone is 4. The van der Waals surface area contributed by atoms with Gasteiger partial charge >= 0.3 is 5.97 Å². The van der Waals surface area contributed by atoms with Crippen LogP contribution in [0, 0.1) is 0 Å². The average molecular weight is 345 g/mol. The van der Waals surface area contributed by atoms with Crippen LogP contribution in [0.15, 0.2) is 35.9 Å². The fourth-order valence-corrected chi connectivity index (χ4v) is 2.32. The molecular formula is C18H23N3O4. The van der Waals surface area contributed by atoms with Gasteiger partial charge in [0.15, 0.2) is 0 Å². The highest BCUT2D eigenvalue weighted by Gasteiger charge is 2.19. The molecule has 1 N–H and O–H groups in total. The van der Waals surface area contributed by atoms with Crippen LogP contribution in [-0.4, -0.2) is 54.7 Å². The number of hydrogen-bond acceptors (Lipinski definition) is 6. The lowest BCUT2D eigenvalue weighted by molar-refractivity contribution is -0.132. The summed E-state index contributed by atoms with van der Waals surface area (Å²) >= 11 is 0. The van der Waals surface area contributed by atoms with Gasteiger partial charge in [-0.05, 0) is 31.1 Å². The third-order valence-electron chi connectivity index (χ3n) is 3.99. The van der Waals surface area contributed by atoms with Gasteiger partial charge in [0, 0.05) is 18.7 Å². The minimum atomic E-state index is -0.950. The number of morpholine rings is 1. The summed E-state index contributed by atoms with van der Waals surface area (Å²) in [5.41, 5.74) is 3.22. The van der Waals surface area contributed by atoms with E-state index in [9.17, 15) is 4.79 Å². The van der Waals surface area contributed by atoms with Crippen molar-refractivity contribution in [3.8, 4) is 5.88 Å². The van der Waals surface area contributed by atoms with E-state index in [1.165, 1.54) is 0 Å². The molecule has 25 heavy (non-hydrogen) atoms. The van der Waals surface area contributed by atoms with Gasteiger partial charge in [-0.2, -0.15) is 0 Å². The first-order chi connectivity index (χ1) is 11.9. The Hall–Kier alpha value is -2.67. The predicted octanol–water partition coefficient (Wildman–Crippen LogP) is 2.31. The summed E-state index contributed by atoms with van der Waals surface area (Å²) in [7, 11) is 1.56. The highest BCUT2D eigenvalue weighted by molar-refractivity contribution is 5.86. The average Bonchev–Trinajstić information content (AvgIpc) is 2.65. The standard InChI is InChI=1S/C18H23N3O4/c1-12(5-6-13(2)18(22)23)14(3)15-11-16(17(24-4)20-19-15)21-7-9-25-10-8-21/h5-6,11H,3,7-10H2,1-2,4H3,(H,22,23)/b12-5-,13-6+. The number of carboxylic acid groups (broad SMARTS) is 1. The van der Waals surface area contributed by atoms with Crippen LogP contribution in [0.25, 0.3) is 5.57 Å². The highest BCUT2D eigenvalue weighted by Crippen LogP contribution is 2.30. The zero-order valence-corrected chi connectivity index (χ0v) is 14.8. The van der Waals surface area contributed by atoms with E-state index in [1.807, 2.05) is 13.0 Å². The van der Waals surface area contributed by atoms with Crippen molar-refractivity contribution in [2.24, 2.45) is 0 Å². The van der Waals surface area contributed by atoms with Crippen molar-refractivity contribution in [2.75, 3.05) is 38.3 Å². The molecule has 0 aromatic carbocycles. The third-order valence-corrected chi connectivity index (χ3v) is 3.99. The molecule has 0 bridgehead atoms. The van der Waals surface area contributed by atoms with Gasteiger partial charge in [0.25, 0.3) is 5.88 Å². The quantitative estimate of drug-likeness (QED) is 0.625. The molecule has 0 spiro atoms. The Labute approximate surface area is 147 Å². The van der Waals surface area contributed by atoms with Crippen LogP contribution in [0.2, 0.25) is 0 Å². The van der Waals surface area contributed by atoms with Crippen molar-refractivity contribution in [3.05, 3.63) is 41.6 Å². The van der Waals surface area contributed by atoms with Crippen LogP contribution in [0.5, 0.6) is 5.88 Å². The summed E-state index contributed by atoms with van der Waals surface area (Å²) < 4.78 is 10.7. The van der Waals surface area contributed by atoms with E-state index < -0.39 is 5.97 Å². The van der Waals surface area contributed by atoms with Crippen LogP contribution >= 0.6 is 0 Å². The van der Waals surface area contributed by atoms with Crippen LogP contribution in [0.1, 0.15) is 19.5 Å². The zero-order chi connectivity index (χ0) is 18.4. The normalized spacial score (nSPS) is 15.9. The molecule has 0 aliphatic carbocycles. The molecule has 2 rings (SSSR count). The lowest BCUT2D eigenvalue weighted by atomic mass is 10.0. The molecule has 0 amide bonds. The van der Waals surface area contributed by atoms with Crippen LogP contribution < -0.4 is 9.64 Å². The van der Waals surface area contributed by atoms with Gasteiger partial charge in [-0.15, -0.1) is 10.2 Å². The van der Waals surface area contributed by atoms with Crippen molar-refractivity contribution < 1.29 is 19.4 Å². The molecular weight excluding hydrogens is 322 g/mol. The van der Waals surface area contributed by atoms with Gasteiger partial charge in [-0.25, -0.2) is 4.79 Å². The Morgan fingerprint density at radius 2 is 1.92 bits per heavy atom. The lowest BCUT2D eigenvalue weighted by Gasteiger charge is -2.29. The summed E-state index contributed by atoms with van der Waals surface area (Å²) in [6, 6.07) is 1.89. The third kappa shape index (κ3) is 4.67. The van der Waals surface area contributed by atoms with Gasteiger partial charge in [0.2, 0.25) is 0 Å². The molecule has 1 aliphatic heterocycles. The maximum Gasteiger partial charge on any atom is 0.331 e. The summed E-state index contributed by atoms with van der Waals surface area (Å²) in [6.45, 7) is 10.3. The second-order valence-electron chi connectivity index (χ2n) is 5.71. The van der Waals surface area contributed by atoms with Crippen molar-refractivity contribution in [1.82, 2.24) is 10.2 Å². The van der Waals surface area contributed by atoms with Gasteiger partial charge in [-0.3, -0.25) is 0 Å². The van der Waals surface area contributed by atoms with Gasteiger partial charge in [-0.1, -0.05) is 18.7 Å². The molecule has 0 saturated carbocycles. The van der Waals surface area contributed by atoms with Crippen molar-refractivity contribution in [1.29, 1.82) is 0 Å². The number of aliphatic carboxylic acids is 1. The number of aromatic nitrogens is 2. The van der Waals surface area contributed by atoms with E-state index in [2.05, 4.69) is 21.7 Å². The van der Waals surface area contributed by atoms with E-state index in [0.29, 0.717) is 30.4 Å². The molecule has 7 heteroatoms. The van der Waals surface area contributed by atoms with Crippen molar-refractivity contribution in [2.45, 2.75) is 13.8 Å². The van der Waals surface area contributed by atoms with Crippen LogP contribution in [0.4, 0.5) is 5.69 Å². The molecule has 1 aliphatic rings. The first-order valence-electron chi connectivity index (χ1n) is 7.96. The number of anilines is 1. The molecule has 1 fully saturated rings. The fourth-order valence-electron chi connectivity index (χ4n) is 2.32. The van der Waals surface area contributed by atoms with E-state index >= 15 is 0 Å². The number of rotatable bonds is 6. The van der Waals surface area contributed by atoms with E-state index in [1.54, 1.807) is 26.2 Å². The lowest BCUT2D eigenvalue weighted by Crippen LogP contribution is -2.36. The number of carboxylic acids is 1. The Balaban J connectivity index is 2.29. The Bertz CT molecular complexity index is 719. The summed E-state index contributed by atoms with van der Waals surface area (Å²) in [6.07, 6.45) is 3.26. The number of ether oxygens (including phenoxy) is 2. The molecule has 1 aromatic rings. The topological polar surface area (TPSA) is 84.8 Å². The minimum absolute atomic E-state index is 0.252. The van der Waals surface area contributed by atoms with Gasteiger partial charge < -0.3 is 19.5 Å². The van der Waals surface area contributed by atoms with Gasteiger partial charge in [0.05, 0.1) is 26.0 Å². The molecule has 0 radical (unpaired) electrons. The van der Waals surface area contributed by atoms with Gasteiger partial charge in [0.1, 0.15) is 5.69 Å². The van der Waals surface area contributed by atoms with E-state index in [4.69, 9.17) is 14.6 Å². The Morgan fingerprint density at radius 3 is 2.52 bits per heavy atom. The molecule has 0 unspecified atom stereocenters. The summed E-state index contributed by atoms with van der Waals surface area (Å²) in [5.74, 6) is -0.491.